The summed E-state index contributed by atoms with van der Waals surface area (Å²) in [4.78, 5) is 20.0. The van der Waals surface area contributed by atoms with E-state index in [1.807, 2.05) is 4.90 Å². The summed E-state index contributed by atoms with van der Waals surface area (Å²) < 4.78 is 45.5. The lowest BCUT2D eigenvalue weighted by molar-refractivity contribution is -0.138. The first-order chi connectivity index (χ1) is 18.8. The van der Waals surface area contributed by atoms with E-state index in [9.17, 15) is 13.2 Å². The molecule has 0 saturated carbocycles. The van der Waals surface area contributed by atoms with Crippen molar-refractivity contribution in [3.05, 3.63) is 23.3 Å². The molecule has 0 aliphatic carbocycles. The smallest absolute Gasteiger partial charge is 0.248 e. The number of benzene rings is 1. The average molecular weight is 567 g/mol. The lowest BCUT2D eigenvalue weighted by Gasteiger charge is -2.36. The lowest BCUT2D eigenvalue weighted by Crippen LogP contribution is -2.52. The SMILES string of the molecule is COc1cc(C)c(S(=O)(=O)N2CCOC[C@H]2COCC(=O)N2CCN(CCCN3CCCCC3)CC2)c(C)c1. The molecule has 11 heteroatoms. The van der Waals surface area contributed by atoms with Gasteiger partial charge in [-0.3, -0.25) is 9.69 Å². The Morgan fingerprint density at radius 3 is 2.23 bits per heavy atom. The zero-order valence-corrected chi connectivity index (χ0v) is 24.7. The molecule has 1 aromatic rings. The number of rotatable bonds is 11. The number of piperidine rings is 1. The second kappa shape index (κ2) is 14.2. The van der Waals surface area contributed by atoms with Gasteiger partial charge >= 0.3 is 0 Å². The van der Waals surface area contributed by atoms with Crippen molar-refractivity contribution < 1.29 is 27.4 Å². The number of aryl methyl sites for hydroxylation is 2. The van der Waals surface area contributed by atoms with Gasteiger partial charge in [0.1, 0.15) is 12.4 Å². The molecule has 220 valence electrons. The van der Waals surface area contributed by atoms with E-state index in [1.54, 1.807) is 33.1 Å². The molecule has 3 fully saturated rings. The zero-order valence-electron chi connectivity index (χ0n) is 23.9. The highest BCUT2D eigenvalue weighted by Gasteiger charge is 2.36. The number of piperazine rings is 1. The Kier molecular flexibility index (Phi) is 11.0. The predicted molar refractivity (Wildman–Crippen MR) is 150 cm³/mol. The van der Waals surface area contributed by atoms with Crippen LogP contribution in [0.3, 0.4) is 0 Å². The van der Waals surface area contributed by atoms with E-state index in [1.165, 1.54) is 49.6 Å². The highest BCUT2D eigenvalue weighted by molar-refractivity contribution is 7.89. The first-order valence-corrected chi connectivity index (χ1v) is 15.8. The maximum Gasteiger partial charge on any atom is 0.248 e. The third-order valence-electron chi connectivity index (χ3n) is 8.07. The number of ether oxygens (including phenoxy) is 3. The summed E-state index contributed by atoms with van der Waals surface area (Å²) in [6.07, 6.45) is 5.19. The van der Waals surface area contributed by atoms with Crippen molar-refractivity contribution in [1.82, 2.24) is 19.0 Å². The highest BCUT2D eigenvalue weighted by Crippen LogP contribution is 2.30. The van der Waals surface area contributed by atoms with E-state index in [0.717, 1.165) is 19.6 Å². The summed E-state index contributed by atoms with van der Waals surface area (Å²) in [6.45, 7) is 12.3. The largest absolute Gasteiger partial charge is 0.497 e. The highest BCUT2D eigenvalue weighted by atomic mass is 32.2. The van der Waals surface area contributed by atoms with Crippen LogP contribution in [0.4, 0.5) is 0 Å². The molecule has 0 spiro atoms. The van der Waals surface area contributed by atoms with Crippen molar-refractivity contribution in [3.8, 4) is 5.75 Å². The molecule has 3 aliphatic heterocycles. The number of morpholine rings is 1. The molecular formula is C28H46N4O6S. The van der Waals surface area contributed by atoms with Gasteiger partial charge in [-0.15, -0.1) is 0 Å². The minimum atomic E-state index is -3.78. The zero-order chi connectivity index (χ0) is 27.8. The van der Waals surface area contributed by atoms with Crippen LogP contribution in [0.1, 0.15) is 36.8 Å². The number of sulfonamides is 1. The summed E-state index contributed by atoms with van der Waals surface area (Å²) in [6, 6.07) is 2.98. The Balaban J connectivity index is 1.23. The average Bonchev–Trinajstić information content (AvgIpc) is 2.93. The van der Waals surface area contributed by atoms with Gasteiger partial charge in [-0.25, -0.2) is 8.42 Å². The van der Waals surface area contributed by atoms with Crippen LogP contribution in [0.5, 0.6) is 5.75 Å². The molecule has 1 aromatic carbocycles. The summed E-state index contributed by atoms with van der Waals surface area (Å²) >= 11 is 0. The van der Waals surface area contributed by atoms with Gasteiger partial charge in [0.2, 0.25) is 15.9 Å². The van der Waals surface area contributed by atoms with Gasteiger partial charge in [0.15, 0.2) is 0 Å². The van der Waals surface area contributed by atoms with E-state index >= 15 is 0 Å². The van der Waals surface area contributed by atoms with Crippen LogP contribution in [-0.4, -0.2) is 132 Å². The van der Waals surface area contributed by atoms with Crippen LogP contribution >= 0.6 is 0 Å². The lowest BCUT2D eigenvalue weighted by atomic mass is 10.1. The molecule has 10 nitrogen and oxygen atoms in total. The molecule has 3 saturated heterocycles. The van der Waals surface area contributed by atoms with E-state index in [-0.39, 0.29) is 32.3 Å². The van der Waals surface area contributed by atoms with Crippen LogP contribution < -0.4 is 4.74 Å². The summed E-state index contributed by atoms with van der Waals surface area (Å²) in [7, 11) is -2.21. The Morgan fingerprint density at radius 1 is 0.949 bits per heavy atom. The standard InChI is InChI=1S/C28H46N4O6S/c1-23-18-26(36-3)19-24(2)28(23)39(34,35)32-16-17-37-20-25(32)21-38-22-27(33)31-14-12-30(13-15-31)11-7-10-29-8-5-4-6-9-29/h18-19,25H,4-17,20-22H2,1-3H3/t25-/m0/s1. The third kappa shape index (κ3) is 7.92. The van der Waals surface area contributed by atoms with Crippen molar-refractivity contribution in [3.63, 3.8) is 0 Å². The molecule has 1 atom stereocenters. The fourth-order valence-electron chi connectivity index (χ4n) is 5.94. The molecule has 4 rings (SSSR count). The molecule has 1 amide bonds. The second-order valence-corrected chi connectivity index (χ2v) is 12.8. The van der Waals surface area contributed by atoms with Gasteiger partial charge in [-0.1, -0.05) is 6.42 Å². The second-order valence-electron chi connectivity index (χ2n) is 10.9. The van der Waals surface area contributed by atoms with E-state index in [0.29, 0.717) is 41.5 Å². The monoisotopic (exact) mass is 566 g/mol. The van der Waals surface area contributed by atoms with Gasteiger partial charge in [0, 0.05) is 32.7 Å². The Bertz CT molecular complexity index is 1030. The van der Waals surface area contributed by atoms with Crippen molar-refractivity contribution in [1.29, 1.82) is 0 Å². The minimum absolute atomic E-state index is 0.0454. The van der Waals surface area contributed by atoms with Crippen LogP contribution in [0.15, 0.2) is 17.0 Å². The number of nitrogens with zero attached hydrogens (tertiary/aromatic N) is 4. The van der Waals surface area contributed by atoms with Crippen molar-refractivity contribution in [2.75, 3.05) is 92.4 Å². The number of amides is 1. The van der Waals surface area contributed by atoms with E-state index in [4.69, 9.17) is 14.2 Å². The maximum atomic E-state index is 13.7. The Labute approximate surface area is 234 Å². The van der Waals surface area contributed by atoms with Crippen molar-refractivity contribution >= 4 is 15.9 Å². The Hall–Kier alpha value is -1.76. The molecule has 0 N–H and O–H groups in total. The topological polar surface area (TPSA) is 91.9 Å². The van der Waals surface area contributed by atoms with E-state index in [2.05, 4.69) is 9.80 Å². The van der Waals surface area contributed by atoms with Crippen LogP contribution in [-0.2, 0) is 24.3 Å². The summed E-state index contributed by atoms with van der Waals surface area (Å²) in [5, 5.41) is 0. The minimum Gasteiger partial charge on any atom is -0.497 e. The number of likely N-dealkylation sites (tertiary alicyclic amines) is 1. The first kappa shape index (κ1) is 30.2. The van der Waals surface area contributed by atoms with Gasteiger partial charge in [0.05, 0.1) is 37.9 Å². The van der Waals surface area contributed by atoms with Crippen molar-refractivity contribution in [2.45, 2.75) is 50.5 Å². The number of carbonyl (C=O) groups is 1. The fraction of sp³-hybridized carbons (Fsp3) is 0.750. The van der Waals surface area contributed by atoms with Crippen LogP contribution in [0.25, 0.3) is 0 Å². The number of methoxy groups -OCH3 is 1. The first-order valence-electron chi connectivity index (χ1n) is 14.3. The summed E-state index contributed by atoms with van der Waals surface area (Å²) in [5.41, 5.74) is 1.28. The number of hydrogen-bond acceptors (Lipinski definition) is 8. The Morgan fingerprint density at radius 2 is 1.59 bits per heavy atom. The maximum absolute atomic E-state index is 13.7. The van der Waals surface area contributed by atoms with Crippen molar-refractivity contribution in [2.24, 2.45) is 0 Å². The molecule has 0 aromatic heterocycles. The van der Waals surface area contributed by atoms with Gasteiger partial charge in [-0.2, -0.15) is 4.31 Å². The van der Waals surface area contributed by atoms with Crippen LogP contribution in [0, 0.1) is 13.8 Å². The molecule has 3 aliphatic rings. The fourth-order valence-corrected chi connectivity index (χ4v) is 7.93. The van der Waals surface area contributed by atoms with E-state index < -0.39 is 16.1 Å². The molecule has 39 heavy (non-hydrogen) atoms. The number of hydrogen-bond donors (Lipinski definition) is 0. The van der Waals surface area contributed by atoms with Gasteiger partial charge < -0.3 is 24.0 Å². The predicted octanol–water partition coefficient (Wildman–Crippen LogP) is 1.74. The third-order valence-corrected chi connectivity index (χ3v) is 10.3. The molecule has 0 unspecified atom stereocenters. The molecular weight excluding hydrogens is 520 g/mol. The molecule has 0 bridgehead atoms. The quantitative estimate of drug-likeness (QED) is 0.400. The van der Waals surface area contributed by atoms with Crippen LogP contribution in [0.2, 0.25) is 0 Å². The van der Waals surface area contributed by atoms with Gasteiger partial charge in [-0.05, 0) is 82.5 Å². The van der Waals surface area contributed by atoms with Gasteiger partial charge in [0.25, 0.3) is 0 Å². The molecule has 0 radical (unpaired) electrons. The summed E-state index contributed by atoms with van der Waals surface area (Å²) in [5.74, 6) is 0.582. The number of carbonyl (C=O) groups excluding carboxylic acids is 1. The molecule has 3 heterocycles. The normalized spacial score (nSPS) is 22.2.